The Kier molecular flexibility index (Phi) is 2.30. The summed E-state index contributed by atoms with van der Waals surface area (Å²) in [5.41, 5.74) is -0.0510. The zero-order chi connectivity index (χ0) is 11.3. The van der Waals surface area contributed by atoms with Crippen LogP contribution in [0.4, 0.5) is 0 Å². The standard InChI is InChI=1S/C13H20O2/c1-9-7-11-8-12(3,4)13(9,15-11)6-5-10(2)14/h5-6,9,11H,7-8H2,1-4H3/b6-5+. The van der Waals surface area contributed by atoms with Gasteiger partial charge in [-0.25, -0.2) is 0 Å². The maximum Gasteiger partial charge on any atom is 0.152 e. The van der Waals surface area contributed by atoms with Crippen LogP contribution in [0.2, 0.25) is 0 Å². The quantitative estimate of drug-likeness (QED) is 0.652. The number of carbonyl (C=O) groups is 1. The molecule has 2 aliphatic rings. The fourth-order valence-electron chi connectivity index (χ4n) is 3.36. The van der Waals surface area contributed by atoms with Gasteiger partial charge in [-0.1, -0.05) is 20.8 Å². The lowest BCUT2D eigenvalue weighted by atomic mass is 9.63. The summed E-state index contributed by atoms with van der Waals surface area (Å²) in [6, 6.07) is 0. The Balaban J connectivity index is 2.33. The smallest absolute Gasteiger partial charge is 0.152 e. The van der Waals surface area contributed by atoms with E-state index in [9.17, 15) is 4.79 Å². The SMILES string of the molecule is CC(=O)/C=C/C12OC(CC1C)CC2(C)C. The molecule has 84 valence electrons. The molecule has 2 aliphatic heterocycles. The number of hydrogen-bond donors (Lipinski definition) is 0. The van der Waals surface area contributed by atoms with Gasteiger partial charge in [0, 0.05) is 5.41 Å². The molecule has 0 aromatic carbocycles. The van der Waals surface area contributed by atoms with Gasteiger partial charge in [-0.2, -0.15) is 0 Å². The minimum atomic E-state index is -0.205. The first-order valence-electron chi connectivity index (χ1n) is 5.75. The van der Waals surface area contributed by atoms with Gasteiger partial charge in [-0.05, 0) is 37.8 Å². The maximum atomic E-state index is 11.0. The van der Waals surface area contributed by atoms with Crippen LogP contribution >= 0.6 is 0 Å². The van der Waals surface area contributed by atoms with Crippen molar-refractivity contribution in [2.45, 2.75) is 52.2 Å². The van der Waals surface area contributed by atoms with E-state index >= 15 is 0 Å². The van der Waals surface area contributed by atoms with Gasteiger partial charge < -0.3 is 4.74 Å². The molecule has 0 aromatic heterocycles. The van der Waals surface area contributed by atoms with Crippen molar-refractivity contribution in [1.82, 2.24) is 0 Å². The topological polar surface area (TPSA) is 26.3 Å². The summed E-state index contributed by atoms with van der Waals surface area (Å²) in [6.07, 6.45) is 6.32. The minimum absolute atomic E-state index is 0.103. The summed E-state index contributed by atoms with van der Waals surface area (Å²) in [4.78, 5) is 11.0. The molecule has 0 aliphatic carbocycles. The van der Waals surface area contributed by atoms with E-state index in [-0.39, 0.29) is 16.8 Å². The van der Waals surface area contributed by atoms with Crippen molar-refractivity contribution in [1.29, 1.82) is 0 Å². The lowest BCUT2D eigenvalue weighted by Gasteiger charge is -2.41. The fourth-order valence-corrected chi connectivity index (χ4v) is 3.36. The average molecular weight is 208 g/mol. The van der Waals surface area contributed by atoms with Crippen LogP contribution in [-0.4, -0.2) is 17.5 Å². The van der Waals surface area contributed by atoms with Crippen LogP contribution in [0.15, 0.2) is 12.2 Å². The molecule has 0 saturated carbocycles. The molecule has 3 unspecified atom stereocenters. The predicted octanol–water partition coefficient (Wildman–Crippen LogP) is 2.73. The number of allylic oxidation sites excluding steroid dienone is 1. The highest BCUT2D eigenvalue weighted by atomic mass is 16.5. The molecule has 2 saturated heterocycles. The van der Waals surface area contributed by atoms with Crippen LogP contribution in [0.1, 0.15) is 40.5 Å². The molecule has 2 heterocycles. The first kappa shape index (κ1) is 10.9. The van der Waals surface area contributed by atoms with E-state index in [2.05, 4.69) is 20.8 Å². The van der Waals surface area contributed by atoms with Gasteiger partial charge in [0.05, 0.1) is 11.7 Å². The van der Waals surface area contributed by atoms with E-state index in [1.54, 1.807) is 13.0 Å². The van der Waals surface area contributed by atoms with Gasteiger partial charge in [-0.15, -0.1) is 0 Å². The highest BCUT2D eigenvalue weighted by Crippen LogP contribution is 2.58. The lowest BCUT2D eigenvalue weighted by molar-refractivity contribution is -0.112. The number of carbonyl (C=O) groups excluding carboxylic acids is 1. The second kappa shape index (κ2) is 3.18. The molecule has 2 nitrogen and oxygen atoms in total. The van der Waals surface area contributed by atoms with E-state index in [0.717, 1.165) is 12.8 Å². The van der Waals surface area contributed by atoms with Gasteiger partial charge in [-0.3, -0.25) is 4.79 Å². The number of ether oxygens (including phenoxy) is 1. The van der Waals surface area contributed by atoms with Crippen LogP contribution in [0, 0.1) is 11.3 Å². The van der Waals surface area contributed by atoms with Gasteiger partial charge in [0.1, 0.15) is 0 Å². The van der Waals surface area contributed by atoms with Crippen molar-refractivity contribution < 1.29 is 9.53 Å². The normalized spacial score (nSPS) is 42.7. The van der Waals surface area contributed by atoms with Crippen molar-refractivity contribution in [3.63, 3.8) is 0 Å². The van der Waals surface area contributed by atoms with E-state index in [0.29, 0.717) is 12.0 Å². The lowest BCUT2D eigenvalue weighted by Crippen LogP contribution is -2.44. The molecule has 2 heteroatoms. The first-order valence-corrected chi connectivity index (χ1v) is 5.75. The number of hydrogen-bond acceptors (Lipinski definition) is 2. The summed E-state index contributed by atoms with van der Waals surface area (Å²) in [7, 11) is 0. The van der Waals surface area contributed by atoms with E-state index in [1.165, 1.54) is 0 Å². The third kappa shape index (κ3) is 1.46. The highest BCUT2D eigenvalue weighted by Gasteiger charge is 2.60. The zero-order valence-corrected chi connectivity index (χ0v) is 10.0. The monoisotopic (exact) mass is 208 g/mol. The average Bonchev–Trinajstić information content (AvgIpc) is 2.50. The Morgan fingerprint density at radius 1 is 1.47 bits per heavy atom. The molecule has 0 spiro atoms. The van der Waals surface area contributed by atoms with Gasteiger partial charge >= 0.3 is 0 Å². The summed E-state index contributed by atoms with van der Waals surface area (Å²) >= 11 is 0. The molecule has 2 rings (SSSR count). The number of fused-ring (bicyclic) bond motifs is 2. The summed E-state index contributed by atoms with van der Waals surface area (Å²) < 4.78 is 6.10. The molecular weight excluding hydrogens is 188 g/mol. The van der Waals surface area contributed by atoms with Gasteiger partial charge in [0.15, 0.2) is 5.78 Å². The minimum Gasteiger partial charge on any atom is -0.367 e. The Morgan fingerprint density at radius 3 is 2.60 bits per heavy atom. The van der Waals surface area contributed by atoms with Crippen LogP contribution < -0.4 is 0 Å². The molecule has 15 heavy (non-hydrogen) atoms. The number of rotatable bonds is 2. The van der Waals surface area contributed by atoms with E-state index < -0.39 is 0 Å². The molecular formula is C13H20O2. The summed E-state index contributed by atoms with van der Waals surface area (Å²) in [5.74, 6) is 0.619. The molecule has 3 atom stereocenters. The van der Waals surface area contributed by atoms with Gasteiger partial charge in [0.25, 0.3) is 0 Å². The van der Waals surface area contributed by atoms with Crippen molar-refractivity contribution in [2.24, 2.45) is 11.3 Å². The third-order valence-electron chi connectivity index (χ3n) is 4.07. The number of ketones is 1. The first-order chi connectivity index (χ1) is 6.87. The Hall–Kier alpha value is -0.630. The van der Waals surface area contributed by atoms with E-state index in [4.69, 9.17) is 4.74 Å². The summed E-state index contributed by atoms with van der Waals surface area (Å²) in [5, 5.41) is 0. The summed E-state index contributed by atoms with van der Waals surface area (Å²) in [6.45, 7) is 8.30. The van der Waals surface area contributed by atoms with Crippen LogP contribution in [0.5, 0.6) is 0 Å². The molecule has 0 N–H and O–H groups in total. The largest absolute Gasteiger partial charge is 0.367 e. The van der Waals surface area contributed by atoms with Crippen molar-refractivity contribution in [3.8, 4) is 0 Å². The van der Waals surface area contributed by atoms with Crippen LogP contribution in [0.25, 0.3) is 0 Å². The molecule has 0 aromatic rings. The molecule has 2 fully saturated rings. The van der Waals surface area contributed by atoms with Crippen molar-refractivity contribution in [3.05, 3.63) is 12.2 Å². The van der Waals surface area contributed by atoms with Crippen LogP contribution in [0.3, 0.4) is 0 Å². The Morgan fingerprint density at radius 2 is 2.13 bits per heavy atom. The van der Waals surface area contributed by atoms with Crippen molar-refractivity contribution >= 4 is 5.78 Å². The second-order valence-corrected chi connectivity index (χ2v) is 5.70. The molecule has 2 bridgehead atoms. The molecule has 0 radical (unpaired) electrons. The van der Waals surface area contributed by atoms with Gasteiger partial charge in [0.2, 0.25) is 0 Å². The Labute approximate surface area is 91.7 Å². The molecule has 0 amide bonds. The predicted molar refractivity (Wildman–Crippen MR) is 59.6 cm³/mol. The second-order valence-electron chi connectivity index (χ2n) is 5.70. The maximum absolute atomic E-state index is 11.0. The van der Waals surface area contributed by atoms with Crippen molar-refractivity contribution in [2.75, 3.05) is 0 Å². The van der Waals surface area contributed by atoms with E-state index in [1.807, 2.05) is 6.08 Å². The fraction of sp³-hybridized carbons (Fsp3) is 0.769. The van der Waals surface area contributed by atoms with Crippen LogP contribution in [-0.2, 0) is 9.53 Å². The highest BCUT2D eigenvalue weighted by molar-refractivity contribution is 5.87. The third-order valence-corrected chi connectivity index (χ3v) is 4.07. The Bertz CT molecular complexity index is 316. The zero-order valence-electron chi connectivity index (χ0n) is 10.0.